The number of nitrogens with one attached hydrogen (secondary N) is 2. The van der Waals surface area contributed by atoms with E-state index in [4.69, 9.17) is 28.6 Å². The quantitative estimate of drug-likeness (QED) is 0.0255. The number of carbonyl (C=O) groups is 1. The van der Waals surface area contributed by atoms with Gasteiger partial charge in [-0.3, -0.25) is 48.5 Å². The third-order valence-electron chi connectivity index (χ3n) is 16.5. The molecule has 1 aliphatic heterocycles. The molecule has 8 N–H and O–H groups in total. The smallest absolute Gasteiger partial charge is 0.271 e. The molecule has 1 aliphatic rings. The van der Waals surface area contributed by atoms with Crippen LogP contribution in [0, 0.1) is 6.92 Å². The first-order valence-corrected chi connectivity index (χ1v) is 37.5. The van der Waals surface area contributed by atoms with Crippen LogP contribution in [0.2, 0.25) is 0 Å². The molecular weight excluding hydrogens is 1540 g/mol. The van der Waals surface area contributed by atoms with Gasteiger partial charge >= 0.3 is 22.5 Å². The first-order valence-electron chi connectivity index (χ1n) is 36.1. The standard InChI is InChI=1S/C16H11N3.2C16H11NO3.C12H11N.C10H10N2.C10H14O4.C6H5NO.C6H7N.CH4.O2Se/c1-2-10-17-14(7-1)16-18-12-8-3-5-11-6-4-9-13(19-16)15(11)12;2*18-14-13(15(19)16(14)20)17(11-7-3-1-4-8-11)12-9-5-2-6-10-12;1-3-7-11(8-4-1)13-12-9-5-2-6-10-12;11-8-5-1-3-7-4-2-6-9(12)10(7)8;1-5(2)13-9-7(11)8(12)10(9)14-6(3)4;8-5-6-3-1-2-4-7-6;1-6-4-2-3-5-7-6;;1-3-2/h1-10H,(H,18,19);2*1-10,18H;1-10,13H;1-6H,11-12H2;5-6H,1-4H3;1-5H;2-5H,1H3;1H4;. The number of nitrogens with zero attached hydrogens (tertiary/aromatic N) is 6. The van der Waals surface area contributed by atoms with Crippen LogP contribution >= 0.6 is 0 Å². The number of ether oxygens (including phenoxy) is 2. The molecule has 4 heterocycles. The van der Waals surface area contributed by atoms with Crippen LogP contribution in [0.3, 0.4) is 0 Å². The fraction of sp³-hybridized carbons (Fsp3) is 0.0860. The van der Waals surface area contributed by atoms with Crippen molar-refractivity contribution < 1.29 is 32.2 Å². The third-order valence-corrected chi connectivity index (χ3v) is 16.5. The van der Waals surface area contributed by atoms with Crippen molar-refractivity contribution in [1.82, 2.24) is 15.0 Å². The van der Waals surface area contributed by atoms with Crippen LogP contribution in [0.5, 0.6) is 23.0 Å². The number of carbonyl (C=O) groups excluding carboxylic acids is 1. The van der Waals surface area contributed by atoms with Crippen LogP contribution < -0.4 is 73.9 Å². The summed E-state index contributed by atoms with van der Waals surface area (Å²) in [7, 11) is 0. The molecular formula is C93H84N10O13Se. The summed E-state index contributed by atoms with van der Waals surface area (Å²) in [6.45, 7) is 9.12. The number of benzene rings is 10. The molecule has 0 fully saturated rings. The Bertz CT molecular complexity index is 5780. The van der Waals surface area contributed by atoms with E-state index in [2.05, 4.69) is 54.8 Å². The molecule has 0 bridgehead atoms. The van der Waals surface area contributed by atoms with Crippen molar-refractivity contribution in [3.8, 4) is 23.0 Å². The SMILES string of the molecule is C.CC(C)Oc1c(OC(C)C)c(=O)c1=O.Cc1ccccn1.Nc1cccc2cccc(N)c12.O=Cc1ccccn1.O=[Se]=O.O=c1c(O)c(N(c2ccccc2)c2ccccc2)c1=O.O=c1c(O)c(N(c2ccccc2)c2ccccc2)c1=O.c1ccc(C2=Nc3cccc4cccc(c34)N2)nc1.c1ccc(Nc2ccccc2)cc1. The molecule has 17 rings (SSSR count). The van der Waals surface area contributed by atoms with E-state index in [-0.39, 0.29) is 42.5 Å². The summed E-state index contributed by atoms with van der Waals surface area (Å²) < 4.78 is 27.2. The number of aliphatic imine (C=N–C) groups is 1. The van der Waals surface area contributed by atoms with Crippen LogP contribution in [0.25, 0.3) is 21.5 Å². The Hall–Kier alpha value is -15.1. The van der Waals surface area contributed by atoms with E-state index < -0.39 is 58.9 Å². The number of aldehydes is 1. The van der Waals surface area contributed by atoms with E-state index in [1.165, 1.54) is 10.8 Å². The maximum Gasteiger partial charge on any atom is 0.271 e. The van der Waals surface area contributed by atoms with Gasteiger partial charge in [-0.2, -0.15) is 0 Å². The van der Waals surface area contributed by atoms with Gasteiger partial charge in [0.25, 0.3) is 32.6 Å². The van der Waals surface area contributed by atoms with Gasteiger partial charge in [-0.1, -0.05) is 183 Å². The molecule has 0 radical (unpaired) electrons. The number of rotatable bonds is 14. The van der Waals surface area contributed by atoms with E-state index >= 15 is 0 Å². The van der Waals surface area contributed by atoms with Crippen molar-refractivity contribution in [3.05, 3.63) is 406 Å². The van der Waals surface area contributed by atoms with E-state index in [0.29, 0.717) is 28.4 Å². The van der Waals surface area contributed by atoms with Crippen molar-refractivity contribution in [1.29, 1.82) is 0 Å². The number of para-hydroxylation sites is 6. The van der Waals surface area contributed by atoms with Crippen LogP contribution in [-0.4, -0.2) is 64.3 Å². The molecule has 13 aromatic carbocycles. The van der Waals surface area contributed by atoms with Crippen molar-refractivity contribution in [2.45, 2.75) is 54.3 Å². The third kappa shape index (κ3) is 24.0. The van der Waals surface area contributed by atoms with E-state index in [0.717, 1.165) is 68.4 Å². The van der Waals surface area contributed by atoms with Gasteiger partial charge in [0.2, 0.25) is 11.5 Å². The summed E-state index contributed by atoms with van der Waals surface area (Å²) in [6.07, 6.45) is 5.61. The Kier molecular flexibility index (Phi) is 33.0. The molecule has 0 saturated heterocycles. The number of aromatic nitrogens is 3. The molecule has 0 amide bonds. The molecule has 16 aromatic rings. The molecule has 0 unspecified atom stereocenters. The van der Waals surface area contributed by atoms with E-state index in [1.807, 2.05) is 274 Å². The molecule has 3 aromatic heterocycles. The molecule has 0 atom stereocenters. The predicted octanol–water partition coefficient (Wildman–Crippen LogP) is 17.2. The van der Waals surface area contributed by atoms with Gasteiger partial charge in [0.1, 0.15) is 22.8 Å². The van der Waals surface area contributed by atoms with Crippen molar-refractivity contribution in [2.75, 3.05) is 31.9 Å². The van der Waals surface area contributed by atoms with Gasteiger partial charge < -0.3 is 51.6 Å². The zero-order valence-corrected chi connectivity index (χ0v) is 65.3. The molecule has 0 aliphatic carbocycles. The molecule has 0 spiro atoms. The van der Waals surface area contributed by atoms with Gasteiger partial charge in [-0.25, -0.2) is 4.99 Å². The number of nitrogen functional groups attached to an aromatic ring is 2. The molecule has 24 heteroatoms. The second kappa shape index (κ2) is 44.2. The van der Waals surface area contributed by atoms with Crippen molar-refractivity contribution >= 4 is 117 Å². The fourth-order valence-electron chi connectivity index (χ4n) is 11.2. The van der Waals surface area contributed by atoms with Crippen LogP contribution in [0.1, 0.15) is 57.0 Å². The Morgan fingerprint density at radius 1 is 0.419 bits per heavy atom. The second-order valence-corrected chi connectivity index (χ2v) is 25.7. The maximum atomic E-state index is 11.8. The summed E-state index contributed by atoms with van der Waals surface area (Å²) in [6, 6.07) is 97.7. The number of anilines is 11. The minimum Gasteiger partial charge on any atom is -0.502 e. The zero-order valence-electron chi connectivity index (χ0n) is 63.5. The summed E-state index contributed by atoms with van der Waals surface area (Å²) in [5, 5.41) is 30.5. The first kappa shape index (κ1) is 87.4. The Morgan fingerprint density at radius 2 is 0.778 bits per heavy atom. The Labute approximate surface area is 680 Å². The van der Waals surface area contributed by atoms with Gasteiger partial charge in [0.05, 0.1) is 17.9 Å². The van der Waals surface area contributed by atoms with Gasteiger partial charge in [-0.15, -0.1) is 0 Å². The van der Waals surface area contributed by atoms with Crippen molar-refractivity contribution in [3.63, 3.8) is 0 Å². The predicted molar refractivity (Wildman–Crippen MR) is 468 cm³/mol. The number of fused-ring (bicyclic) bond motifs is 1. The van der Waals surface area contributed by atoms with Gasteiger partial charge in [0.15, 0.2) is 23.6 Å². The normalized spacial score (nSPS) is 10.4. The molecule has 23 nitrogen and oxygen atoms in total. The van der Waals surface area contributed by atoms with Gasteiger partial charge in [0, 0.05) is 86.2 Å². The molecule has 117 heavy (non-hydrogen) atoms. The minimum absolute atomic E-state index is 0. The van der Waals surface area contributed by atoms with Crippen LogP contribution in [0.15, 0.2) is 362 Å². The van der Waals surface area contributed by atoms with E-state index in [9.17, 15) is 43.8 Å². The molecule has 590 valence electrons. The number of hydrogen-bond donors (Lipinski definition) is 6. The summed E-state index contributed by atoms with van der Waals surface area (Å²) in [5.41, 5.74) is 18.4. The number of pyridine rings is 3. The summed E-state index contributed by atoms with van der Waals surface area (Å²) >= 11 is -1.62. The second-order valence-electron chi connectivity index (χ2n) is 25.4. The number of amidine groups is 1. The Morgan fingerprint density at radius 3 is 1.10 bits per heavy atom. The summed E-state index contributed by atoms with van der Waals surface area (Å²) in [5.74, 6) is -0.0328. The topological polar surface area (TPSA) is 346 Å². The van der Waals surface area contributed by atoms with Crippen LogP contribution in [0.4, 0.5) is 68.2 Å². The molecule has 0 saturated carbocycles. The number of hydrogen-bond acceptors (Lipinski definition) is 23. The maximum absolute atomic E-state index is 11.8. The number of nitrogens with two attached hydrogens (primary N) is 2. The number of aromatic hydroxyl groups is 2. The zero-order chi connectivity index (χ0) is 82.9. The summed E-state index contributed by atoms with van der Waals surface area (Å²) in [4.78, 5) is 98.0. The average Bonchev–Trinajstić information content (AvgIpc) is 0.794. The van der Waals surface area contributed by atoms with E-state index in [1.54, 1.807) is 74.3 Å². The minimum atomic E-state index is -1.62. The first-order chi connectivity index (χ1) is 56.2. The van der Waals surface area contributed by atoms with Crippen molar-refractivity contribution in [2.24, 2.45) is 4.99 Å². The van der Waals surface area contributed by atoms with Crippen LogP contribution in [-0.2, 0) is 7.67 Å². The number of aryl methyl sites for hydroxylation is 1. The fourth-order valence-corrected chi connectivity index (χ4v) is 11.2. The largest absolute Gasteiger partial charge is 0.502 e. The average molecular weight is 1630 g/mol. The van der Waals surface area contributed by atoms with Gasteiger partial charge in [-0.05, 0) is 179 Å². The Balaban J connectivity index is 0.000000169. The monoisotopic (exact) mass is 1630 g/mol.